The van der Waals surface area contributed by atoms with E-state index in [1.165, 1.54) is 0 Å². The SMILES string of the molecule is C=CC(C=C)[SiH2]CCCOC(=O)C(=C)C. The van der Waals surface area contributed by atoms with Crippen LogP contribution in [0.25, 0.3) is 0 Å². The Hall–Kier alpha value is -1.09. The van der Waals surface area contributed by atoms with Crippen molar-refractivity contribution in [2.24, 2.45) is 0 Å². The van der Waals surface area contributed by atoms with Crippen LogP contribution in [-0.2, 0) is 9.53 Å². The predicted molar refractivity (Wildman–Crippen MR) is 67.9 cm³/mol. The Labute approximate surface area is 94.5 Å². The van der Waals surface area contributed by atoms with Gasteiger partial charge in [-0.3, -0.25) is 0 Å². The maximum Gasteiger partial charge on any atom is 0.333 e. The molecule has 0 bridgehead atoms. The van der Waals surface area contributed by atoms with E-state index in [-0.39, 0.29) is 15.5 Å². The van der Waals surface area contributed by atoms with Crippen LogP contribution in [0.1, 0.15) is 13.3 Å². The second-order valence-corrected chi connectivity index (χ2v) is 5.77. The fraction of sp³-hybridized carbons (Fsp3) is 0.417. The summed E-state index contributed by atoms with van der Waals surface area (Å²) < 4.78 is 4.98. The van der Waals surface area contributed by atoms with Gasteiger partial charge in [-0.05, 0) is 18.9 Å². The molecule has 0 aliphatic rings. The Morgan fingerprint density at radius 2 is 2.07 bits per heavy atom. The van der Waals surface area contributed by atoms with Crippen molar-refractivity contribution < 1.29 is 9.53 Å². The first-order valence-electron chi connectivity index (χ1n) is 5.19. The molecule has 0 aliphatic heterocycles. The molecule has 0 saturated heterocycles. The fourth-order valence-electron chi connectivity index (χ4n) is 1.10. The van der Waals surface area contributed by atoms with Gasteiger partial charge in [0.25, 0.3) is 0 Å². The second kappa shape index (κ2) is 8.23. The third-order valence-corrected chi connectivity index (χ3v) is 4.36. The Morgan fingerprint density at radius 1 is 1.47 bits per heavy atom. The Kier molecular flexibility index (Phi) is 7.63. The van der Waals surface area contributed by atoms with Gasteiger partial charge in [0.05, 0.1) is 6.61 Å². The van der Waals surface area contributed by atoms with Crippen molar-refractivity contribution in [2.75, 3.05) is 6.61 Å². The van der Waals surface area contributed by atoms with E-state index in [0.29, 0.717) is 17.7 Å². The van der Waals surface area contributed by atoms with Gasteiger partial charge in [-0.25, -0.2) is 4.79 Å². The van der Waals surface area contributed by atoms with E-state index in [9.17, 15) is 4.79 Å². The minimum Gasteiger partial charge on any atom is -0.462 e. The number of ether oxygens (including phenoxy) is 1. The highest BCUT2D eigenvalue weighted by Crippen LogP contribution is 2.08. The molecule has 0 aromatic rings. The number of carbonyl (C=O) groups excluding carboxylic acids is 1. The summed E-state index contributed by atoms with van der Waals surface area (Å²) in [5, 5.41) is 0. The van der Waals surface area contributed by atoms with E-state index < -0.39 is 0 Å². The molecule has 0 saturated carbocycles. The molecule has 0 spiro atoms. The van der Waals surface area contributed by atoms with Crippen LogP contribution in [0.5, 0.6) is 0 Å². The van der Waals surface area contributed by atoms with Gasteiger partial charge in [-0.1, -0.05) is 24.8 Å². The van der Waals surface area contributed by atoms with Crippen LogP contribution in [0.15, 0.2) is 37.5 Å². The molecule has 3 heteroatoms. The molecule has 2 nitrogen and oxygen atoms in total. The molecule has 0 aliphatic carbocycles. The zero-order chi connectivity index (χ0) is 11.7. The summed E-state index contributed by atoms with van der Waals surface area (Å²) in [7, 11) is -0.189. The van der Waals surface area contributed by atoms with Gasteiger partial charge in [0.1, 0.15) is 0 Å². The van der Waals surface area contributed by atoms with Gasteiger partial charge in [0.15, 0.2) is 0 Å². The summed E-state index contributed by atoms with van der Waals surface area (Å²) in [5.41, 5.74) is 0.962. The summed E-state index contributed by atoms with van der Waals surface area (Å²) in [6, 6.07) is 1.15. The maximum atomic E-state index is 11.0. The highest BCUT2D eigenvalue weighted by molar-refractivity contribution is 6.39. The lowest BCUT2D eigenvalue weighted by molar-refractivity contribution is -0.138. The maximum absolute atomic E-state index is 11.0. The minimum atomic E-state index is -0.291. The van der Waals surface area contributed by atoms with Crippen molar-refractivity contribution in [2.45, 2.75) is 24.9 Å². The average molecular weight is 224 g/mol. The van der Waals surface area contributed by atoms with Crippen LogP contribution in [0.4, 0.5) is 0 Å². The molecule has 0 atom stereocenters. The quantitative estimate of drug-likeness (QED) is 0.208. The molecule has 0 rings (SSSR count). The second-order valence-electron chi connectivity index (χ2n) is 3.55. The van der Waals surface area contributed by atoms with Crippen molar-refractivity contribution in [1.82, 2.24) is 0 Å². The predicted octanol–water partition coefficient (Wildman–Crippen LogP) is 2.24. The van der Waals surface area contributed by atoms with Crippen molar-refractivity contribution in [3.05, 3.63) is 37.5 Å². The van der Waals surface area contributed by atoms with Gasteiger partial charge in [-0.15, -0.1) is 13.2 Å². The van der Waals surface area contributed by atoms with Crippen LogP contribution >= 0.6 is 0 Å². The van der Waals surface area contributed by atoms with E-state index in [1.54, 1.807) is 6.92 Å². The lowest BCUT2D eigenvalue weighted by Gasteiger charge is -2.06. The third-order valence-electron chi connectivity index (χ3n) is 2.12. The van der Waals surface area contributed by atoms with Crippen LogP contribution in [-0.4, -0.2) is 22.1 Å². The number of carbonyl (C=O) groups is 1. The van der Waals surface area contributed by atoms with Crippen molar-refractivity contribution in [3.63, 3.8) is 0 Å². The van der Waals surface area contributed by atoms with Crippen molar-refractivity contribution in [1.29, 1.82) is 0 Å². The first kappa shape index (κ1) is 13.9. The number of allylic oxidation sites excluding steroid dienone is 2. The number of hydrogen-bond acceptors (Lipinski definition) is 2. The molecule has 15 heavy (non-hydrogen) atoms. The zero-order valence-corrected chi connectivity index (χ0v) is 10.9. The van der Waals surface area contributed by atoms with Crippen LogP contribution in [0, 0.1) is 0 Å². The monoisotopic (exact) mass is 224 g/mol. The highest BCUT2D eigenvalue weighted by atomic mass is 28.2. The van der Waals surface area contributed by atoms with E-state index in [0.717, 1.165) is 12.5 Å². The topological polar surface area (TPSA) is 26.3 Å². The van der Waals surface area contributed by atoms with Crippen molar-refractivity contribution in [3.8, 4) is 0 Å². The smallest absolute Gasteiger partial charge is 0.333 e. The number of hydrogen-bond donors (Lipinski definition) is 0. The van der Waals surface area contributed by atoms with E-state index in [1.807, 2.05) is 12.2 Å². The molecule has 0 unspecified atom stereocenters. The standard InChI is InChI=1S/C12H20O2Si/c1-5-11(6-2)15-9-7-8-14-12(13)10(3)4/h5-6,11H,1-3,7-9,15H2,4H3. The molecule has 0 heterocycles. The zero-order valence-electron chi connectivity index (χ0n) is 9.50. The summed E-state index contributed by atoms with van der Waals surface area (Å²) in [5.74, 6) is -0.291. The Morgan fingerprint density at radius 3 is 2.53 bits per heavy atom. The van der Waals surface area contributed by atoms with Gasteiger partial charge in [0.2, 0.25) is 0 Å². The van der Waals surface area contributed by atoms with Crippen LogP contribution in [0.2, 0.25) is 11.6 Å². The van der Waals surface area contributed by atoms with Gasteiger partial charge < -0.3 is 4.74 Å². The first-order chi connectivity index (χ1) is 7.11. The highest BCUT2D eigenvalue weighted by Gasteiger charge is 2.03. The van der Waals surface area contributed by atoms with Gasteiger partial charge in [-0.2, -0.15) is 0 Å². The first-order valence-corrected chi connectivity index (χ1v) is 7.01. The van der Waals surface area contributed by atoms with Crippen LogP contribution in [0.3, 0.4) is 0 Å². The molecule has 0 amide bonds. The molecular formula is C12H20O2Si. The molecule has 84 valence electrons. The van der Waals surface area contributed by atoms with Crippen molar-refractivity contribution >= 4 is 15.5 Å². The minimum absolute atomic E-state index is 0.189. The number of esters is 1. The van der Waals surface area contributed by atoms with Gasteiger partial charge >= 0.3 is 5.97 Å². The summed E-state index contributed by atoms with van der Waals surface area (Å²) in [6.07, 6.45) is 4.82. The Bertz CT molecular complexity index is 238. The molecule has 0 aromatic heterocycles. The molecule has 0 fully saturated rings. The lowest BCUT2D eigenvalue weighted by Crippen LogP contribution is -2.07. The third kappa shape index (κ3) is 6.91. The Balaban J connectivity index is 3.47. The summed E-state index contributed by atoms with van der Waals surface area (Å²) in [4.78, 5) is 11.0. The molecule has 0 radical (unpaired) electrons. The molecule has 0 aromatic carbocycles. The fourth-order valence-corrected chi connectivity index (χ4v) is 2.54. The van der Waals surface area contributed by atoms with Crippen LogP contribution < -0.4 is 0 Å². The molecule has 0 N–H and O–H groups in total. The summed E-state index contributed by atoms with van der Waals surface area (Å²) >= 11 is 0. The largest absolute Gasteiger partial charge is 0.462 e. The normalized spacial score (nSPS) is 10.5. The number of rotatable bonds is 8. The average Bonchev–Trinajstić information content (AvgIpc) is 2.23. The van der Waals surface area contributed by atoms with Gasteiger partial charge in [0, 0.05) is 15.1 Å². The summed E-state index contributed by atoms with van der Waals surface area (Å²) in [6.45, 7) is 13.2. The van der Waals surface area contributed by atoms with E-state index in [4.69, 9.17) is 4.74 Å². The molecular weight excluding hydrogens is 204 g/mol. The lowest BCUT2D eigenvalue weighted by atomic mass is 10.4. The van der Waals surface area contributed by atoms with E-state index >= 15 is 0 Å². The van der Waals surface area contributed by atoms with E-state index in [2.05, 4.69) is 19.7 Å².